The Morgan fingerprint density at radius 1 is 1.21 bits per heavy atom. The molecule has 9 nitrogen and oxygen atoms in total. The average molecular weight is 430 g/mol. The molecule has 2 N–H and O–H groups in total. The lowest BCUT2D eigenvalue weighted by molar-refractivity contribution is -0.137. The molecule has 156 valence electrons. The lowest BCUT2D eigenvalue weighted by Gasteiger charge is -2.25. The molecule has 13 heteroatoms. The van der Waals surface area contributed by atoms with E-state index in [9.17, 15) is 13.2 Å². The first-order valence-electron chi connectivity index (χ1n) is 8.59. The van der Waals surface area contributed by atoms with E-state index in [4.69, 9.17) is 11.6 Å². The molecular weight excluding hydrogens is 411 g/mol. The number of rotatable bonds is 6. The third kappa shape index (κ3) is 3.97. The molecule has 0 amide bonds. The van der Waals surface area contributed by atoms with Gasteiger partial charge in [-0.2, -0.15) is 23.3 Å². The van der Waals surface area contributed by atoms with Crippen LogP contribution in [0.3, 0.4) is 0 Å². The first-order chi connectivity index (χ1) is 13.6. The smallest absolute Gasteiger partial charge is 0.370 e. The van der Waals surface area contributed by atoms with E-state index in [0.717, 1.165) is 6.20 Å². The highest BCUT2D eigenvalue weighted by Gasteiger charge is 2.35. The van der Waals surface area contributed by atoms with Crippen LogP contribution in [-0.2, 0) is 18.8 Å². The van der Waals surface area contributed by atoms with Gasteiger partial charge in [0.2, 0.25) is 5.95 Å². The number of alkyl halides is 3. The average Bonchev–Trinajstić information content (AvgIpc) is 3.21. The minimum atomic E-state index is -4.57. The van der Waals surface area contributed by atoms with E-state index < -0.39 is 17.3 Å². The fourth-order valence-electron chi connectivity index (χ4n) is 2.81. The van der Waals surface area contributed by atoms with E-state index in [0.29, 0.717) is 11.5 Å². The molecule has 0 atom stereocenters. The van der Waals surface area contributed by atoms with Crippen LogP contribution in [-0.4, -0.2) is 41.1 Å². The zero-order chi connectivity index (χ0) is 21.4. The normalized spacial score (nSPS) is 12.3. The van der Waals surface area contributed by atoms with Crippen LogP contribution in [0.5, 0.6) is 0 Å². The van der Waals surface area contributed by atoms with Crippen molar-refractivity contribution in [2.24, 2.45) is 7.05 Å². The van der Waals surface area contributed by atoms with E-state index in [1.54, 1.807) is 24.9 Å². The lowest BCUT2D eigenvalue weighted by atomic mass is 10.1. The number of hydrogen-bond donors (Lipinski definition) is 2. The van der Waals surface area contributed by atoms with Crippen LogP contribution >= 0.6 is 11.6 Å². The Kier molecular flexibility index (Phi) is 5.39. The molecule has 3 rings (SSSR count). The summed E-state index contributed by atoms with van der Waals surface area (Å²) in [5.74, 6) is 0.251. The molecule has 0 radical (unpaired) electrons. The van der Waals surface area contributed by atoms with Gasteiger partial charge in [0.25, 0.3) is 0 Å². The third-order valence-electron chi connectivity index (χ3n) is 4.18. The van der Waals surface area contributed by atoms with Crippen molar-refractivity contribution in [3.63, 3.8) is 0 Å². The van der Waals surface area contributed by atoms with Gasteiger partial charge in [0, 0.05) is 19.8 Å². The van der Waals surface area contributed by atoms with Crippen LogP contribution in [0.25, 0.3) is 0 Å². The van der Waals surface area contributed by atoms with Gasteiger partial charge in [-0.3, -0.25) is 0 Å². The Morgan fingerprint density at radius 3 is 2.52 bits per heavy atom. The molecule has 0 aliphatic rings. The van der Waals surface area contributed by atoms with E-state index in [1.165, 1.54) is 10.9 Å². The standard InChI is InChI=1S/C16H19ClF3N9/c1-5-21-12-9(16(18,19)20)6-22-14(26-12)25-10-7-24-29(11(10)17)15(2,3)13-27-23-8-28(13)4/h6-8H,5H2,1-4H3,(H2,21,22,25,26). The summed E-state index contributed by atoms with van der Waals surface area (Å²) in [6, 6.07) is 0. The van der Waals surface area contributed by atoms with Crippen molar-refractivity contribution in [3.8, 4) is 0 Å². The summed E-state index contributed by atoms with van der Waals surface area (Å²) in [6.07, 6.45) is -0.853. The van der Waals surface area contributed by atoms with Gasteiger partial charge in [0.15, 0.2) is 11.0 Å². The van der Waals surface area contributed by atoms with Crippen LogP contribution in [0, 0.1) is 0 Å². The molecule has 0 saturated heterocycles. The van der Waals surface area contributed by atoms with Crippen molar-refractivity contribution in [1.29, 1.82) is 0 Å². The molecule has 0 saturated carbocycles. The monoisotopic (exact) mass is 429 g/mol. The maximum absolute atomic E-state index is 13.1. The second-order valence-corrected chi connectivity index (χ2v) is 7.05. The summed E-state index contributed by atoms with van der Waals surface area (Å²) >= 11 is 6.46. The van der Waals surface area contributed by atoms with Gasteiger partial charge >= 0.3 is 6.18 Å². The maximum atomic E-state index is 13.1. The largest absolute Gasteiger partial charge is 0.421 e. The molecule has 0 spiro atoms. The number of anilines is 3. The summed E-state index contributed by atoms with van der Waals surface area (Å²) in [6.45, 7) is 5.66. The molecule has 3 heterocycles. The van der Waals surface area contributed by atoms with Crippen molar-refractivity contribution < 1.29 is 13.2 Å². The van der Waals surface area contributed by atoms with Gasteiger partial charge in [-0.25, -0.2) is 9.67 Å². The van der Waals surface area contributed by atoms with E-state index in [1.807, 2.05) is 13.8 Å². The number of halogens is 4. The first kappa shape index (κ1) is 20.8. The highest BCUT2D eigenvalue weighted by Crippen LogP contribution is 2.35. The van der Waals surface area contributed by atoms with Crippen molar-refractivity contribution >= 4 is 29.1 Å². The van der Waals surface area contributed by atoms with Crippen molar-refractivity contribution in [2.75, 3.05) is 17.2 Å². The Morgan fingerprint density at radius 2 is 1.93 bits per heavy atom. The number of aryl methyl sites for hydroxylation is 1. The molecule has 3 aromatic rings. The number of nitrogens with one attached hydrogen (secondary N) is 2. The van der Waals surface area contributed by atoms with Crippen molar-refractivity contribution in [3.05, 3.63) is 35.3 Å². The molecular formula is C16H19ClF3N9. The van der Waals surface area contributed by atoms with E-state index >= 15 is 0 Å². The fraction of sp³-hybridized carbons (Fsp3) is 0.438. The van der Waals surface area contributed by atoms with Gasteiger partial charge in [-0.1, -0.05) is 11.6 Å². The Hall–Kier alpha value is -2.89. The quantitative estimate of drug-likeness (QED) is 0.619. The van der Waals surface area contributed by atoms with Gasteiger partial charge in [0.1, 0.15) is 23.2 Å². The molecule has 0 aromatic carbocycles. The van der Waals surface area contributed by atoms with Gasteiger partial charge in [-0.05, 0) is 20.8 Å². The van der Waals surface area contributed by atoms with Crippen LogP contribution < -0.4 is 10.6 Å². The Labute approximate surface area is 169 Å². The van der Waals surface area contributed by atoms with Crippen LogP contribution in [0.2, 0.25) is 5.15 Å². The van der Waals surface area contributed by atoms with Crippen LogP contribution in [0.1, 0.15) is 32.2 Å². The van der Waals surface area contributed by atoms with Crippen molar-refractivity contribution in [2.45, 2.75) is 32.5 Å². The molecule has 0 unspecified atom stereocenters. The van der Waals surface area contributed by atoms with Crippen molar-refractivity contribution in [1.82, 2.24) is 34.5 Å². The summed E-state index contributed by atoms with van der Waals surface area (Å²) in [5.41, 5.74) is -1.35. The predicted molar refractivity (Wildman–Crippen MR) is 101 cm³/mol. The van der Waals surface area contributed by atoms with E-state index in [2.05, 4.69) is 35.9 Å². The molecule has 0 aliphatic carbocycles. The predicted octanol–water partition coefficient (Wildman–Crippen LogP) is 3.43. The second kappa shape index (κ2) is 7.50. The second-order valence-electron chi connectivity index (χ2n) is 6.69. The Bertz CT molecular complexity index is 1010. The topological polar surface area (TPSA) is 98.4 Å². The minimum absolute atomic E-state index is 0.0492. The summed E-state index contributed by atoms with van der Waals surface area (Å²) in [5, 5.41) is 17.9. The zero-order valence-electron chi connectivity index (χ0n) is 16.1. The number of hydrogen-bond acceptors (Lipinski definition) is 7. The van der Waals surface area contributed by atoms with Gasteiger partial charge in [-0.15, -0.1) is 10.2 Å². The maximum Gasteiger partial charge on any atom is 0.421 e. The summed E-state index contributed by atoms with van der Waals surface area (Å²) in [7, 11) is 1.80. The summed E-state index contributed by atoms with van der Waals surface area (Å²) in [4.78, 5) is 7.68. The highest BCUT2D eigenvalue weighted by atomic mass is 35.5. The van der Waals surface area contributed by atoms with E-state index in [-0.39, 0.29) is 23.5 Å². The lowest BCUT2D eigenvalue weighted by Crippen LogP contribution is -2.32. The molecule has 29 heavy (non-hydrogen) atoms. The van der Waals surface area contributed by atoms with Crippen LogP contribution in [0.15, 0.2) is 18.7 Å². The zero-order valence-corrected chi connectivity index (χ0v) is 16.8. The van der Waals surface area contributed by atoms with Gasteiger partial charge in [0.05, 0.1) is 11.9 Å². The number of aromatic nitrogens is 7. The van der Waals surface area contributed by atoms with Gasteiger partial charge < -0.3 is 15.2 Å². The minimum Gasteiger partial charge on any atom is -0.370 e. The number of nitrogens with zero attached hydrogens (tertiary/aromatic N) is 7. The van der Waals surface area contributed by atoms with Crippen LogP contribution in [0.4, 0.5) is 30.6 Å². The first-order valence-corrected chi connectivity index (χ1v) is 8.97. The highest BCUT2D eigenvalue weighted by molar-refractivity contribution is 6.32. The Balaban J connectivity index is 1.93. The SMILES string of the molecule is CCNc1nc(Nc2cnn(C(C)(C)c3nncn3C)c2Cl)ncc1C(F)(F)F. The molecule has 0 aliphatic heterocycles. The fourth-order valence-corrected chi connectivity index (χ4v) is 3.16. The molecule has 0 fully saturated rings. The summed E-state index contributed by atoms with van der Waals surface area (Å²) < 4.78 is 42.6. The molecule has 3 aromatic heterocycles. The molecule has 0 bridgehead atoms. The third-order valence-corrected chi connectivity index (χ3v) is 4.55.